The first kappa shape index (κ1) is 17.6. The first-order chi connectivity index (χ1) is 9.98. The Balaban J connectivity index is 3.19. The number of aliphatic hydroxyl groups excluding tert-OH is 1. The van der Waals surface area contributed by atoms with Crippen LogP contribution in [0.3, 0.4) is 0 Å². The molecule has 0 aliphatic heterocycles. The van der Waals surface area contributed by atoms with E-state index in [-0.39, 0.29) is 5.92 Å². The van der Waals surface area contributed by atoms with Crippen molar-refractivity contribution in [2.75, 3.05) is 27.9 Å². The van der Waals surface area contributed by atoms with Crippen molar-refractivity contribution in [3.05, 3.63) is 17.7 Å². The maximum absolute atomic E-state index is 10.7. The van der Waals surface area contributed by atoms with E-state index >= 15 is 0 Å². The molecule has 0 radical (unpaired) electrons. The molecule has 5 heteroatoms. The molecule has 2 unspecified atom stereocenters. The molecule has 0 aliphatic carbocycles. The Morgan fingerprint density at radius 1 is 1.00 bits per heavy atom. The predicted molar refractivity (Wildman–Crippen MR) is 83.1 cm³/mol. The molecule has 0 amide bonds. The highest BCUT2D eigenvalue weighted by atomic mass is 16.5. The zero-order chi connectivity index (χ0) is 16.0. The van der Waals surface area contributed by atoms with Gasteiger partial charge in [0.2, 0.25) is 0 Å². The standard InChI is InChI=1S/C16H27NO4/c1-10(2)6-11(9-17)16(18)12-7-14(20-4)15(21-5)8-13(12)19-3/h7-8,10-11,16,18H,6,9,17H2,1-5H3. The maximum Gasteiger partial charge on any atom is 0.164 e. The van der Waals surface area contributed by atoms with Gasteiger partial charge in [-0.05, 0) is 24.9 Å². The highest BCUT2D eigenvalue weighted by Gasteiger charge is 2.25. The van der Waals surface area contributed by atoms with Crippen molar-refractivity contribution in [2.24, 2.45) is 17.6 Å². The van der Waals surface area contributed by atoms with Crippen molar-refractivity contribution in [3.63, 3.8) is 0 Å². The van der Waals surface area contributed by atoms with Gasteiger partial charge in [0.05, 0.1) is 27.4 Å². The molecule has 2 atom stereocenters. The van der Waals surface area contributed by atoms with E-state index in [1.165, 1.54) is 0 Å². The minimum absolute atomic E-state index is 0.0306. The molecule has 0 bridgehead atoms. The lowest BCUT2D eigenvalue weighted by Crippen LogP contribution is -2.24. The molecule has 0 saturated heterocycles. The molecule has 0 aromatic heterocycles. The Bertz CT molecular complexity index is 448. The third-order valence-corrected chi connectivity index (χ3v) is 3.58. The lowest BCUT2D eigenvalue weighted by molar-refractivity contribution is 0.0964. The van der Waals surface area contributed by atoms with Crippen LogP contribution in [0.4, 0.5) is 0 Å². The van der Waals surface area contributed by atoms with Crippen LogP contribution in [-0.2, 0) is 0 Å². The van der Waals surface area contributed by atoms with E-state index in [1.807, 2.05) is 0 Å². The fourth-order valence-electron chi connectivity index (χ4n) is 2.50. The van der Waals surface area contributed by atoms with E-state index in [4.69, 9.17) is 19.9 Å². The van der Waals surface area contributed by atoms with Crippen LogP contribution in [0.25, 0.3) is 0 Å². The molecule has 0 aliphatic rings. The zero-order valence-corrected chi connectivity index (χ0v) is 13.6. The quantitative estimate of drug-likeness (QED) is 0.770. The van der Waals surface area contributed by atoms with Gasteiger partial charge in [0.15, 0.2) is 11.5 Å². The van der Waals surface area contributed by atoms with Gasteiger partial charge in [-0.2, -0.15) is 0 Å². The molecular formula is C16H27NO4. The minimum Gasteiger partial charge on any atom is -0.496 e. The summed E-state index contributed by atoms with van der Waals surface area (Å²) < 4.78 is 15.9. The average Bonchev–Trinajstić information content (AvgIpc) is 2.50. The number of aliphatic hydroxyl groups is 1. The highest BCUT2D eigenvalue weighted by Crippen LogP contribution is 2.40. The van der Waals surface area contributed by atoms with Gasteiger partial charge in [-0.3, -0.25) is 0 Å². The Morgan fingerprint density at radius 2 is 1.52 bits per heavy atom. The Kier molecular flexibility index (Phi) is 6.78. The van der Waals surface area contributed by atoms with Crippen LogP contribution < -0.4 is 19.9 Å². The molecule has 0 fully saturated rings. The van der Waals surface area contributed by atoms with E-state index in [0.717, 1.165) is 6.42 Å². The molecule has 1 rings (SSSR count). The van der Waals surface area contributed by atoms with Gasteiger partial charge in [-0.25, -0.2) is 0 Å². The summed E-state index contributed by atoms with van der Waals surface area (Å²) in [4.78, 5) is 0. The highest BCUT2D eigenvalue weighted by molar-refractivity contribution is 5.51. The van der Waals surface area contributed by atoms with Crippen molar-refractivity contribution in [1.82, 2.24) is 0 Å². The summed E-state index contributed by atoms with van der Waals surface area (Å²) in [5, 5.41) is 10.7. The van der Waals surface area contributed by atoms with Crippen LogP contribution in [0.15, 0.2) is 12.1 Å². The third kappa shape index (κ3) is 4.25. The first-order valence-corrected chi connectivity index (χ1v) is 7.16. The Labute approximate surface area is 127 Å². The fourth-order valence-corrected chi connectivity index (χ4v) is 2.50. The van der Waals surface area contributed by atoms with E-state index in [0.29, 0.717) is 35.3 Å². The summed E-state index contributed by atoms with van der Waals surface area (Å²) in [6, 6.07) is 3.48. The van der Waals surface area contributed by atoms with Gasteiger partial charge in [0, 0.05) is 17.5 Å². The number of hydrogen-bond acceptors (Lipinski definition) is 5. The summed E-state index contributed by atoms with van der Waals surface area (Å²) in [5.74, 6) is 2.13. The SMILES string of the molecule is COc1cc(OC)c(C(O)C(CN)CC(C)C)cc1OC. The molecule has 0 saturated carbocycles. The Morgan fingerprint density at radius 3 is 1.95 bits per heavy atom. The van der Waals surface area contributed by atoms with Crippen molar-refractivity contribution in [2.45, 2.75) is 26.4 Å². The summed E-state index contributed by atoms with van der Waals surface area (Å²) in [6.45, 7) is 4.64. The molecule has 0 spiro atoms. The number of rotatable bonds is 8. The second-order valence-corrected chi connectivity index (χ2v) is 5.52. The summed E-state index contributed by atoms with van der Waals surface area (Å²) in [6.07, 6.45) is 0.141. The van der Waals surface area contributed by atoms with Gasteiger partial charge < -0.3 is 25.1 Å². The van der Waals surface area contributed by atoms with Crippen LogP contribution in [-0.4, -0.2) is 33.0 Å². The summed E-state index contributed by atoms with van der Waals surface area (Å²) >= 11 is 0. The summed E-state index contributed by atoms with van der Waals surface area (Å²) in [7, 11) is 4.70. The topological polar surface area (TPSA) is 73.9 Å². The van der Waals surface area contributed by atoms with Gasteiger partial charge in [-0.15, -0.1) is 0 Å². The maximum atomic E-state index is 10.7. The van der Waals surface area contributed by atoms with Crippen molar-refractivity contribution in [1.29, 1.82) is 0 Å². The number of hydrogen-bond donors (Lipinski definition) is 2. The number of methoxy groups -OCH3 is 3. The van der Waals surface area contributed by atoms with Crippen LogP contribution >= 0.6 is 0 Å². The second-order valence-electron chi connectivity index (χ2n) is 5.52. The van der Waals surface area contributed by atoms with Gasteiger partial charge in [-0.1, -0.05) is 13.8 Å². The molecule has 5 nitrogen and oxygen atoms in total. The number of nitrogens with two attached hydrogens (primary N) is 1. The third-order valence-electron chi connectivity index (χ3n) is 3.58. The molecule has 0 heterocycles. The molecule has 21 heavy (non-hydrogen) atoms. The van der Waals surface area contributed by atoms with E-state index < -0.39 is 6.10 Å². The zero-order valence-electron chi connectivity index (χ0n) is 13.6. The fraction of sp³-hybridized carbons (Fsp3) is 0.625. The molecule has 3 N–H and O–H groups in total. The van der Waals surface area contributed by atoms with Gasteiger partial charge in [0.25, 0.3) is 0 Å². The van der Waals surface area contributed by atoms with Crippen LogP contribution in [0.2, 0.25) is 0 Å². The van der Waals surface area contributed by atoms with Crippen LogP contribution in [0, 0.1) is 11.8 Å². The van der Waals surface area contributed by atoms with E-state index in [9.17, 15) is 5.11 Å². The lowest BCUT2D eigenvalue weighted by Gasteiger charge is -2.25. The number of benzene rings is 1. The largest absolute Gasteiger partial charge is 0.496 e. The van der Waals surface area contributed by atoms with Crippen LogP contribution in [0.1, 0.15) is 31.9 Å². The van der Waals surface area contributed by atoms with Gasteiger partial charge >= 0.3 is 0 Å². The molecule has 1 aromatic carbocycles. The molecule has 120 valence electrons. The lowest BCUT2D eigenvalue weighted by atomic mass is 9.88. The van der Waals surface area contributed by atoms with Crippen LogP contribution in [0.5, 0.6) is 17.2 Å². The molecule has 1 aromatic rings. The normalized spacial score (nSPS) is 13.9. The second kappa shape index (κ2) is 8.10. The van der Waals surface area contributed by atoms with Crippen molar-refractivity contribution >= 4 is 0 Å². The van der Waals surface area contributed by atoms with Crippen molar-refractivity contribution < 1.29 is 19.3 Å². The summed E-state index contributed by atoms with van der Waals surface area (Å²) in [5.41, 5.74) is 6.49. The number of ether oxygens (including phenoxy) is 3. The van der Waals surface area contributed by atoms with Gasteiger partial charge in [0.1, 0.15) is 5.75 Å². The Hall–Kier alpha value is -1.46. The monoisotopic (exact) mass is 297 g/mol. The predicted octanol–water partition coefficient (Wildman–Crippen LogP) is 2.37. The van der Waals surface area contributed by atoms with E-state index in [1.54, 1.807) is 33.5 Å². The minimum atomic E-state index is -0.702. The first-order valence-electron chi connectivity index (χ1n) is 7.16. The average molecular weight is 297 g/mol. The molecular weight excluding hydrogens is 270 g/mol. The van der Waals surface area contributed by atoms with Crippen molar-refractivity contribution in [3.8, 4) is 17.2 Å². The smallest absolute Gasteiger partial charge is 0.164 e. The van der Waals surface area contributed by atoms with E-state index in [2.05, 4.69) is 13.8 Å².